The van der Waals surface area contributed by atoms with Gasteiger partial charge in [0.1, 0.15) is 11.6 Å². The van der Waals surface area contributed by atoms with Crippen LogP contribution in [0, 0.1) is 12.7 Å². The Balaban J connectivity index is 2.24. The average molecular weight is 261 g/mol. The lowest BCUT2D eigenvalue weighted by atomic mass is 10.1. The van der Waals surface area contributed by atoms with Gasteiger partial charge in [-0.15, -0.1) is 0 Å². The van der Waals surface area contributed by atoms with Gasteiger partial charge in [0.2, 0.25) is 5.95 Å². The molecule has 1 heterocycles. The number of anilines is 2. The predicted molar refractivity (Wildman–Crippen MR) is 73.0 cm³/mol. The topological polar surface area (TPSA) is 75.9 Å². The quantitative estimate of drug-likeness (QED) is 0.582. The summed E-state index contributed by atoms with van der Waals surface area (Å²) in [6.07, 6.45) is 1.65. The van der Waals surface area contributed by atoms with Crippen LogP contribution in [0.3, 0.4) is 0 Å². The lowest BCUT2D eigenvalue weighted by Gasteiger charge is -2.17. The second-order valence-electron chi connectivity index (χ2n) is 4.26. The van der Waals surface area contributed by atoms with Gasteiger partial charge in [-0.3, -0.25) is 5.43 Å². The zero-order chi connectivity index (χ0) is 13.8. The summed E-state index contributed by atoms with van der Waals surface area (Å²) in [7, 11) is 0. The molecule has 0 amide bonds. The molecule has 6 heteroatoms. The van der Waals surface area contributed by atoms with Gasteiger partial charge in [0.15, 0.2) is 0 Å². The first-order chi connectivity index (χ1) is 9.11. The minimum Gasteiger partial charge on any atom is -0.363 e. The highest BCUT2D eigenvalue weighted by molar-refractivity contribution is 5.47. The fourth-order valence-corrected chi connectivity index (χ4v) is 1.77. The van der Waals surface area contributed by atoms with E-state index in [1.807, 2.05) is 13.8 Å². The maximum atomic E-state index is 13.7. The number of hydrazine groups is 1. The van der Waals surface area contributed by atoms with Crippen LogP contribution in [-0.4, -0.2) is 9.97 Å². The molecule has 0 bridgehead atoms. The number of halogens is 1. The molecule has 0 fully saturated rings. The van der Waals surface area contributed by atoms with Gasteiger partial charge < -0.3 is 5.32 Å². The van der Waals surface area contributed by atoms with Gasteiger partial charge in [0.05, 0.1) is 6.04 Å². The first-order valence-electron chi connectivity index (χ1n) is 5.93. The Hall–Kier alpha value is -2.21. The van der Waals surface area contributed by atoms with Crippen LogP contribution in [0.25, 0.3) is 0 Å². The van der Waals surface area contributed by atoms with E-state index >= 15 is 0 Å². The van der Waals surface area contributed by atoms with Gasteiger partial charge >= 0.3 is 0 Å². The molecule has 0 aliphatic rings. The van der Waals surface area contributed by atoms with E-state index in [1.165, 1.54) is 6.07 Å². The molecule has 0 saturated carbocycles. The normalized spacial score (nSPS) is 12.0. The monoisotopic (exact) mass is 261 g/mol. The Bertz CT molecular complexity index is 573. The molecule has 1 unspecified atom stereocenters. The number of nitrogens with one attached hydrogen (secondary N) is 2. The van der Waals surface area contributed by atoms with Gasteiger partial charge in [-0.05, 0) is 19.9 Å². The summed E-state index contributed by atoms with van der Waals surface area (Å²) >= 11 is 0. The van der Waals surface area contributed by atoms with E-state index in [2.05, 4.69) is 20.7 Å². The van der Waals surface area contributed by atoms with Crippen LogP contribution in [0.2, 0.25) is 0 Å². The molecule has 100 valence electrons. The zero-order valence-electron chi connectivity index (χ0n) is 10.8. The highest BCUT2D eigenvalue weighted by atomic mass is 19.1. The van der Waals surface area contributed by atoms with Crippen molar-refractivity contribution in [3.05, 3.63) is 47.4 Å². The number of benzene rings is 1. The Morgan fingerprint density at radius 3 is 2.74 bits per heavy atom. The molecule has 0 saturated heterocycles. The minimum absolute atomic E-state index is 0.208. The molecule has 0 spiro atoms. The highest BCUT2D eigenvalue weighted by Gasteiger charge is 2.12. The standard InChI is InChI=1S/C13H16FN5/c1-8-7-16-13(19-15)18-12(8)17-9(2)10-5-3-4-6-11(10)14/h3-7,9H,15H2,1-2H3,(H2,16,17,18,19). The Morgan fingerprint density at radius 1 is 1.32 bits per heavy atom. The van der Waals surface area contributed by atoms with Gasteiger partial charge in [0.25, 0.3) is 0 Å². The van der Waals surface area contributed by atoms with Crippen molar-refractivity contribution in [2.45, 2.75) is 19.9 Å². The molecule has 0 radical (unpaired) electrons. The molecule has 1 aromatic heterocycles. The number of nitrogens with zero attached hydrogens (tertiary/aromatic N) is 2. The van der Waals surface area contributed by atoms with Crippen molar-refractivity contribution < 1.29 is 4.39 Å². The lowest BCUT2D eigenvalue weighted by molar-refractivity contribution is 0.600. The SMILES string of the molecule is Cc1cnc(NN)nc1NC(C)c1ccccc1F. The maximum absolute atomic E-state index is 13.7. The predicted octanol–water partition coefficient (Wildman–Crippen LogP) is 2.38. The number of nitrogens with two attached hydrogens (primary N) is 1. The van der Waals surface area contributed by atoms with Crippen molar-refractivity contribution in [3.63, 3.8) is 0 Å². The first-order valence-corrected chi connectivity index (χ1v) is 5.93. The molecule has 0 aliphatic heterocycles. The Kier molecular flexibility index (Phi) is 3.91. The third-order valence-electron chi connectivity index (χ3n) is 2.83. The smallest absolute Gasteiger partial charge is 0.239 e. The fourth-order valence-electron chi connectivity index (χ4n) is 1.77. The van der Waals surface area contributed by atoms with Crippen LogP contribution in [0.4, 0.5) is 16.2 Å². The van der Waals surface area contributed by atoms with Crippen molar-refractivity contribution >= 4 is 11.8 Å². The van der Waals surface area contributed by atoms with Crippen molar-refractivity contribution in [2.24, 2.45) is 5.84 Å². The first kappa shape index (κ1) is 13.2. The van der Waals surface area contributed by atoms with Gasteiger partial charge in [-0.25, -0.2) is 15.2 Å². The van der Waals surface area contributed by atoms with Crippen LogP contribution >= 0.6 is 0 Å². The third kappa shape index (κ3) is 2.97. The van der Waals surface area contributed by atoms with E-state index in [1.54, 1.807) is 24.4 Å². The fraction of sp³-hybridized carbons (Fsp3) is 0.231. The van der Waals surface area contributed by atoms with E-state index in [0.29, 0.717) is 17.3 Å². The largest absolute Gasteiger partial charge is 0.363 e. The van der Waals surface area contributed by atoms with Crippen LogP contribution in [0.1, 0.15) is 24.1 Å². The van der Waals surface area contributed by atoms with Crippen LogP contribution in [0.15, 0.2) is 30.5 Å². The summed E-state index contributed by atoms with van der Waals surface area (Å²) in [6.45, 7) is 3.74. The highest BCUT2D eigenvalue weighted by Crippen LogP contribution is 2.22. The third-order valence-corrected chi connectivity index (χ3v) is 2.83. The molecule has 2 aromatic rings. The van der Waals surface area contributed by atoms with Crippen LogP contribution in [-0.2, 0) is 0 Å². The van der Waals surface area contributed by atoms with E-state index in [4.69, 9.17) is 5.84 Å². The second-order valence-corrected chi connectivity index (χ2v) is 4.26. The van der Waals surface area contributed by atoms with Crippen molar-refractivity contribution in [3.8, 4) is 0 Å². The lowest BCUT2D eigenvalue weighted by Crippen LogP contribution is -2.15. The summed E-state index contributed by atoms with van der Waals surface area (Å²) in [5, 5.41) is 3.16. The number of nitrogen functional groups attached to an aromatic ring is 1. The zero-order valence-corrected chi connectivity index (χ0v) is 10.8. The molecule has 19 heavy (non-hydrogen) atoms. The van der Waals surface area contributed by atoms with Crippen molar-refractivity contribution in [1.29, 1.82) is 0 Å². The molecule has 1 aromatic carbocycles. The van der Waals surface area contributed by atoms with Crippen molar-refractivity contribution in [1.82, 2.24) is 9.97 Å². The van der Waals surface area contributed by atoms with Gasteiger partial charge in [-0.1, -0.05) is 18.2 Å². The summed E-state index contributed by atoms with van der Waals surface area (Å²) < 4.78 is 13.7. The molecular weight excluding hydrogens is 245 g/mol. The summed E-state index contributed by atoms with van der Waals surface area (Å²) in [5.41, 5.74) is 3.83. The molecule has 4 N–H and O–H groups in total. The Morgan fingerprint density at radius 2 is 2.05 bits per heavy atom. The second kappa shape index (κ2) is 5.62. The van der Waals surface area contributed by atoms with E-state index in [0.717, 1.165) is 5.56 Å². The van der Waals surface area contributed by atoms with Crippen molar-refractivity contribution in [2.75, 3.05) is 10.7 Å². The van der Waals surface area contributed by atoms with Crippen LogP contribution in [0.5, 0.6) is 0 Å². The van der Waals surface area contributed by atoms with E-state index in [9.17, 15) is 4.39 Å². The number of aryl methyl sites for hydroxylation is 1. The minimum atomic E-state index is -0.244. The van der Waals surface area contributed by atoms with Gasteiger partial charge in [-0.2, -0.15) is 4.98 Å². The molecular formula is C13H16FN5. The summed E-state index contributed by atoms with van der Waals surface area (Å²) in [4.78, 5) is 8.20. The van der Waals surface area contributed by atoms with E-state index < -0.39 is 0 Å². The molecule has 1 atom stereocenters. The molecule has 0 aliphatic carbocycles. The molecule has 2 rings (SSSR count). The number of hydrogen-bond donors (Lipinski definition) is 3. The average Bonchev–Trinajstić information content (AvgIpc) is 2.41. The van der Waals surface area contributed by atoms with Crippen LogP contribution < -0.4 is 16.6 Å². The Labute approximate surface area is 111 Å². The maximum Gasteiger partial charge on any atom is 0.239 e. The van der Waals surface area contributed by atoms with E-state index in [-0.39, 0.29) is 11.9 Å². The molecule has 5 nitrogen and oxygen atoms in total. The number of rotatable bonds is 4. The number of hydrogen-bond acceptors (Lipinski definition) is 5. The summed E-state index contributed by atoms with van der Waals surface area (Å²) in [5.74, 6) is 5.97. The number of aromatic nitrogens is 2. The van der Waals surface area contributed by atoms with Gasteiger partial charge in [0, 0.05) is 17.3 Å². The summed E-state index contributed by atoms with van der Waals surface area (Å²) in [6, 6.07) is 6.44.